The standard InChI is InChI=1S/C22H26FN3O3/c1-29-20-5-3-2-4-17(20)6-11-21(27)24-16-22(28)26-14-12-25(13-15-26)19-9-7-18(23)8-10-19/h2-5,7-10H,6,11-16H2,1H3,(H,24,27). The van der Waals surface area contributed by atoms with Crippen molar-refractivity contribution in [1.29, 1.82) is 0 Å². The Hall–Kier alpha value is -3.09. The van der Waals surface area contributed by atoms with Crippen LogP contribution in [0.15, 0.2) is 48.5 Å². The molecule has 1 saturated heterocycles. The van der Waals surface area contributed by atoms with Gasteiger partial charge in [-0.15, -0.1) is 0 Å². The molecule has 1 heterocycles. The third kappa shape index (κ3) is 5.70. The average molecular weight is 399 g/mol. The molecule has 0 radical (unpaired) electrons. The quantitative estimate of drug-likeness (QED) is 0.776. The summed E-state index contributed by atoms with van der Waals surface area (Å²) >= 11 is 0. The Morgan fingerprint density at radius 1 is 1.03 bits per heavy atom. The Labute approximate surface area is 170 Å². The van der Waals surface area contributed by atoms with Crippen molar-refractivity contribution >= 4 is 17.5 Å². The summed E-state index contributed by atoms with van der Waals surface area (Å²) in [5.41, 5.74) is 1.91. The van der Waals surface area contributed by atoms with Gasteiger partial charge in [0.15, 0.2) is 0 Å². The van der Waals surface area contributed by atoms with Gasteiger partial charge in [0.25, 0.3) is 0 Å². The molecule has 1 aliphatic rings. The normalized spacial score (nSPS) is 13.9. The zero-order chi connectivity index (χ0) is 20.6. The number of carbonyl (C=O) groups is 2. The Kier molecular flexibility index (Phi) is 7.05. The van der Waals surface area contributed by atoms with Gasteiger partial charge < -0.3 is 19.9 Å². The van der Waals surface area contributed by atoms with E-state index in [0.29, 0.717) is 39.0 Å². The maximum atomic E-state index is 13.0. The predicted octanol–water partition coefficient (Wildman–Crippen LogP) is 2.23. The number of aryl methyl sites for hydroxylation is 1. The molecule has 6 nitrogen and oxygen atoms in total. The predicted molar refractivity (Wildman–Crippen MR) is 110 cm³/mol. The lowest BCUT2D eigenvalue weighted by Crippen LogP contribution is -2.51. The molecule has 0 unspecified atom stereocenters. The summed E-state index contributed by atoms with van der Waals surface area (Å²) < 4.78 is 18.3. The molecule has 154 valence electrons. The number of ether oxygens (including phenoxy) is 1. The Morgan fingerprint density at radius 2 is 1.72 bits per heavy atom. The molecule has 2 aromatic carbocycles. The number of hydrogen-bond donors (Lipinski definition) is 1. The topological polar surface area (TPSA) is 61.9 Å². The van der Waals surface area contributed by atoms with Crippen molar-refractivity contribution in [3.8, 4) is 5.75 Å². The molecular formula is C22H26FN3O3. The first-order chi connectivity index (χ1) is 14.1. The molecule has 0 aromatic heterocycles. The van der Waals surface area contributed by atoms with Crippen LogP contribution in [0.5, 0.6) is 5.75 Å². The van der Waals surface area contributed by atoms with Crippen LogP contribution in [0.25, 0.3) is 0 Å². The molecule has 1 N–H and O–H groups in total. The molecule has 0 saturated carbocycles. The third-order valence-corrected chi connectivity index (χ3v) is 5.07. The number of nitrogens with one attached hydrogen (secondary N) is 1. The lowest BCUT2D eigenvalue weighted by atomic mass is 10.1. The van der Waals surface area contributed by atoms with Crippen LogP contribution in [0.1, 0.15) is 12.0 Å². The SMILES string of the molecule is COc1ccccc1CCC(=O)NCC(=O)N1CCN(c2ccc(F)cc2)CC1. The number of benzene rings is 2. The summed E-state index contributed by atoms with van der Waals surface area (Å²) in [5.74, 6) is 0.253. The minimum atomic E-state index is -0.260. The van der Waals surface area contributed by atoms with Crippen LogP contribution in [0.3, 0.4) is 0 Å². The van der Waals surface area contributed by atoms with Crippen molar-refractivity contribution in [2.24, 2.45) is 0 Å². The zero-order valence-electron chi connectivity index (χ0n) is 16.6. The summed E-state index contributed by atoms with van der Waals surface area (Å²) in [6, 6.07) is 14.0. The van der Waals surface area contributed by atoms with E-state index in [4.69, 9.17) is 4.74 Å². The molecule has 1 fully saturated rings. The minimum absolute atomic E-state index is 0.00130. The molecule has 0 spiro atoms. The van der Waals surface area contributed by atoms with Crippen molar-refractivity contribution < 1.29 is 18.7 Å². The highest BCUT2D eigenvalue weighted by Gasteiger charge is 2.21. The first-order valence-corrected chi connectivity index (χ1v) is 9.73. The number of carbonyl (C=O) groups excluding carboxylic acids is 2. The first-order valence-electron chi connectivity index (χ1n) is 9.73. The molecule has 3 rings (SSSR count). The number of piperazine rings is 1. The van der Waals surface area contributed by atoms with Gasteiger partial charge in [-0.2, -0.15) is 0 Å². The van der Waals surface area contributed by atoms with Gasteiger partial charge in [0.2, 0.25) is 11.8 Å². The van der Waals surface area contributed by atoms with Crippen molar-refractivity contribution in [2.45, 2.75) is 12.8 Å². The van der Waals surface area contributed by atoms with E-state index in [2.05, 4.69) is 10.2 Å². The lowest BCUT2D eigenvalue weighted by molar-refractivity contribution is -0.133. The largest absolute Gasteiger partial charge is 0.496 e. The number of halogens is 1. The average Bonchev–Trinajstić information content (AvgIpc) is 2.77. The first kappa shape index (κ1) is 20.6. The van der Waals surface area contributed by atoms with E-state index in [1.165, 1.54) is 12.1 Å². The number of anilines is 1. The second-order valence-electron chi connectivity index (χ2n) is 6.93. The lowest BCUT2D eigenvalue weighted by Gasteiger charge is -2.36. The molecule has 0 aliphatic carbocycles. The highest BCUT2D eigenvalue weighted by Crippen LogP contribution is 2.19. The van der Waals surface area contributed by atoms with E-state index in [9.17, 15) is 14.0 Å². The van der Waals surface area contributed by atoms with Crippen LogP contribution >= 0.6 is 0 Å². The van der Waals surface area contributed by atoms with Crippen LogP contribution in [-0.4, -0.2) is 56.5 Å². The van der Waals surface area contributed by atoms with Gasteiger partial charge in [-0.3, -0.25) is 9.59 Å². The van der Waals surface area contributed by atoms with E-state index >= 15 is 0 Å². The van der Waals surface area contributed by atoms with Gasteiger partial charge >= 0.3 is 0 Å². The third-order valence-electron chi connectivity index (χ3n) is 5.07. The number of hydrogen-bond acceptors (Lipinski definition) is 4. The summed E-state index contributed by atoms with van der Waals surface area (Å²) in [4.78, 5) is 28.4. The number of nitrogens with zero attached hydrogens (tertiary/aromatic N) is 2. The molecule has 7 heteroatoms. The highest BCUT2D eigenvalue weighted by atomic mass is 19.1. The van der Waals surface area contributed by atoms with Crippen molar-refractivity contribution in [2.75, 3.05) is 44.7 Å². The molecule has 1 aliphatic heterocycles. The fourth-order valence-electron chi connectivity index (χ4n) is 3.40. The van der Waals surface area contributed by atoms with E-state index in [1.54, 1.807) is 24.1 Å². The van der Waals surface area contributed by atoms with E-state index in [-0.39, 0.29) is 24.2 Å². The van der Waals surface area contributed by atoms with Crippen molar-refractivity contribution in [1.82, 2.24) is 10.2 Å². The zero-order valence-corrected chi connectivity index (χ0v) is 16.6. The van der Waals surface area contributed by atoms with Crippen molar-refractivity contribution in [3.63, 3.8) is 0 Å². The van der Waals surface area contributed by atoms with Crippen LogP contribution in [0, 0.1) is 5.82 Å². The van der Waals surface area contributed by atoms with E-state index < -0.39 is 0 Å². The molecule has 2 amide bonds. The smallest absolute Gasteiger partial charge is 0.242 e. The van der Waals surface area contributed by atoms with Crippen LogP contribution < -0.4 is 15.0 Å². The minimum Gasteiger partial charge on any atom is -0.496 e. The van der Waals surface area contributed by atoms with Gasteiger partial charge in [-0.25, -0.2) is 4.39 Å². The van der Waals surface area contributed by atoms with Gasteiger partial charge in [0.05, 0.1) is 13.7 Å². The number of methoxy groups -OCH3 is 1. The van der Waals surface area contributed by atoms with E-state index in [0.717, 1.165) is 17.0 Å². The Balaban J connectivity index is 1.39. The van der Waals surface area contributed by atoms with E-state index in [1.807, 2.05) is 24.3 Å². The van der Waals surface area contributed by atoms with Crippen molar-refractivity contribution in [3.05, 3.63) is 59.9 Å². The second-order valence-corrected chi connectivity index (χ2v) is 6.93. The summed E-state index contributed by atoms with van der Waals surface area (Å²) in [5, 5.41) is 2.71. The maximum absolute atomic E-state index is 13.0. The van der Waals surface area contributed by atoms with Gasteiger partial charge in [-0.1, -0.05) is 18.2 Å². The second kappa shape index (κ2) is 9.91. The van der Waals surface area contributed by atoms with Crippen LogP contribution in [-0.2, 0) is 16.0 Å². The van der Waals surface area contributed by atoms with Gasteiger partial charge in [0, 0.05) is 38.3 Å². The van der Waals surface area contributed by atoms with Gasteiger partial charge in [0.1, 0.15) is 11.6 Å². The Bertz CT molecular complexity index is 833. The van der Waals surface area contributed by atoms with Crippen LogP contribution in [0.4, 0.5) is 10.1 Å². The number of para-hydroxylation sites is 1. The summed E-state index contributed by atoms with van der Waals surface area (Å²) in [7, 11) is 1.60. The maximum Gasteiger partial charge on any atom is 0.242 e. The fourth-order valence-corrected chi connectivity index (χ4v) is 3.40. The van der Waals surface area contributed by atoms with Crippen LogP contribution in [0.2, 0.25) is 0 Å². The summed E-state index contributed by atoms with van der Waals surface area (Å²) in [6.45, 7) is 2.51. The molecular weight excluding hydrogens is 373 g/mol. The number of amides is 2. The highest BCUT2D eigenvalue weighted by molar-refractivity contribution is 5.85. The number of rotatable bonds is 7. The molecule has 0 bridgehead atoms. The Morgan fingerprint density at radius 3 is 2.41 bits per heavy atom. The molecule has 29 heavy (non-hydrogen) atoms. The molecule has 2 aromatic rings. The monoisotopic (exact) mass is 399 g/mol. The van der Waals surface area contributed by atoms with Gasteiger partial charge in [-0.05, 0) is 42.3 Å². The summed E-state index contributed by atoms with van der Waals surface area (Å²) in [6.07, 6.45) is 0.854. The molecule has 0 atom stereocenters. The fraction of sp³-hybridized carbons (Fsp3) is 0.364.